The van der Waals surface area contributed by atoms with E-state index in [0.29, 0.717) is 5.56 Å². The Labute approximate surface area is 63.3 Å². The van der Waals surface area contributed by atoms with Crippen molar-refractivity contribution in [1.82, 2.24) is 0 Å². The van der Waals surface area contributed by atoms with E-state index in [1.165, 1.54) is 0 Å². The Bertz CT molecular complexity index is 215. The Kier molecular flexibility index (Phi) is 2.19. The molecule has 1 aromatic rings. The van der Waals surface area contributed by atoms with Crippen LogP contribution in [0.5, 0.6) is 0 Å². The molecule has 1 rings (SSSR count). The third kappa shape index (κ3) is 3.09. The monoisotopic (exact) mass is 158 g/mol. The normalized spacial score (nSPS) is 11.5. The summed E-state index contributed by atoms with van der Waals surface area (Å²) in [6.07, 6.45) is -4.21. The van der Waals surface area contributed by atoms with Gasteiger partial charge in [0.05, 0.1) is 6.42 Å². The van der Waals surface area contributed by atoms with Crippen LogP contribution in [0.2, 0.25) is 0 Å². The fourth-order valence-corrected chi connectivity index (χ4v) is 0.841. The van der Waals surface area contributed by atoms with Gasteiger partial charge < -0.3 is 5.11 Å². The van der Waals surface area contributed by atoms with Gasteiger partial charge in [0.25, 0.3) is 0 Å². The van der Waals surface area contributed by atoms with Crippen LogP contribution >= 0.6 is 0 Å². The topological polar surface area (TPSA) is 20.2 Å². The Hall–Kier alpha value is -0.960. The number of halogens is 2. The molecule has 0 aliphatic rings. The highest BCUT2D eigenvalue weighted by molar-refractivity contribution is 5.15. The summed E-state index contributed by atoms with van der Waals surface area (Å²) < 4.78 is 23.9. The molecule has 1 N–H and O–H groups in total. The van der Waals surface area contributed by atoms with Crippen LogP contribution in [-0.4, -0.2) is 11.2 Å². The first-order valence-corrected chi connectivity index (χ1v) is 3.22. The molecule has 0 bridgehead atoms. The maximum absolute atomic E-state index is 12.0. The molecular formula is C8H8F2O. The third-order valence-corrected chi connectivity index (χ3v) is 1.26. The molecule has 0 saturated heterocycles. The van der Waals surface area contributed by atoms with Gasteiger partial charge >= 0.3 is 6.11 Å². The average molecular weight is 158 g/mol. The summed E-state index contributed by atoms with van der Waals surface area (Å²) in [6, 6.07) is 8.13. The number of benzene rings is 1. The summed E-state index contributed by atoms with van der Waals surface area (Å²) in [5, 5.41) is 8.14. The van der Waals surface area contributed by atoms with Gasteiger partial charge in [0.15, 0.2) is 0 Å². The van der Waals surface area contributed by atoms with Gasteiger partial charge in [-0.15, -0.1) is 0 Å². The molecule has 0 spiro atoms. The second-order valence-electron chi connectivity index (χ2n) is 2.33. The zero-order valence-corrected chi connectivity index (χ0v) is 5.80. The van der Waals surface area contributed by atoms with Crippen LogP contribution in [0.25, 0.3) is 0 Å². The first kappa shape index (κ1) is 8.14. The molecule has 0 saturated carbocycles. The quantitative estimate of drug-likeness (QED) is 0.696. The van der Waals surface area contributed by atoms with Crippen molar-refractivity contribution < 1.29 is 13.9 Å². The largest absolute Gasteiger partial charge is 0.357 e. The zero-order chi connectivity index (χ0) is 8.32. The minimum Gasteiger partial charge on any atom is -0.336 e. The fraction of sp³-hybridized carbons (Fsp3) is 0.250. The molecule has 0 aliphatic heterocycles. The lowest BCUT2D eigenvalue weighted by Gasteiger charge is -2.07. The lowest BCUT2D eigenvalue weighted by Crippen LogP contribution is -2.17. The van der Waals surface area contributed by atoms with Gasteiger partial charge in [-0.25, -0.2) is 0 Å². The summed E-state index contributed by atoms with van der Waals surface area (Å²) in [4.78, 5) is 0. The highest BCUT2D eigenvalue weighted by atomic mass is 19.3. The average Bonchev–Trinajstić information content (AvgIpc) is 1.85. The standard InChI is InChI=1S/C8H8F2O/c9-8(10,11)6-7-4-2-1-3-5-7/h1-5,11H,6H2. The maximum atomic E-state index is 12.0. The molecule has 0 aliphatic carbocycles. The molecule has 0 radical (unpaired) electrons. The number of hydrogen-bond acceptors (Lipinski definition) is 1. The molecular weight excluding hydrogens is 150 g/mol. The molecule has 11 heavy (non-hydrogen) atoms. The van der Waals surface area contributed by atoms with Crippen LogP contribution in [0.3, 0.4) is 0 Å². The highest BCUT2D eigenvalue weighted by Crippen LogP contribution is 2.15. The maximum Gasteiger partial charge on any atom is 0.357 e. The van der Waals surface area contributed by atoms with Crippen molar-refractivity contribution in [3.8, 4) is 0 Å². The van der Waals surface area contributed by atoms with E-state index in [9.17, 15) is 8.78 Å². The number of hydrogen-bond donors (Lipinski definition) is 1. The van der Waals surface area contributed by atoms with Crippen LogP contribution in [0.15, 0.2) is 30.3 Å². The van der Waals surface area contributed by atoms with Crippen molar-refractivity contribution in [3.63, 3.8) is 0 Å². The highest BCUT2D eigenvalue weighted by Gasteiger charge is 2.23. The van der Waals surface area contributed by atoms with E-state index in [4.69, 9.17) is 5.11 Å². The van der Waals surface area contributed by atoms with Crippen molar-refractivity contribution >= 4 is 0 Å². The van der Waals surface area contributed by atoms with Gasteiger partial charge in [-0.05, 0) is 5.56 Å². The van der Waals surface area contributed by atoms with Gasteiger partial charge in [-0.2, -0.15) is 8.78 Å². The van der Waals surface area contributed by atoms with E-state index in [1.807, 2.05) is 0 Å². The van der Waals surface area contributed by atoms with E-state index in [1.54, 1.807) is 30.3 Å². The summed E-state index contributed by atoms with van der Waals surface area (Å²) in [5.74, 6) is 0. The van der Waals surface area contributed by atoms with E-state index < -0.39 is 12.5 Å². The summed E-state index contributed by atoms with van der Waals surface area (Å²) >= 11 is 0. The van der Waals surface area contributed by atoms with Gasteiger partial charge in [-0.3, -0.25) is 0 Å². The Balaban J connectivity index is 2.66. The van der Waals surface area contributed by atoms with Gasteiger partial charge in [0.2, 0.25) is 0 Å². The van der Waals surface area contributed by atoms with Crippen molar-refractivity contribution in [2.75, 3.05) is 0 Å². The second kappa shape index (κ2) is 2.96. The van der Waals surface area contributed by atoms with Crippen LogP contribution in [0.4, 0.5) is 8.78 Å². The molecule has 0 atom stereocenters. The van der Waals surface area contributed by atoms with Crippen LogP contribution in [0.1, 0.15) is 5.56 Å². The molecule has 60 valence electrons. The van der Waals surface area contributed by atoms with Gasteiger partial charge in [-0.1, -0.05) is 30.3 Å². The van der Waals surface area contributed by atoms with E-state index in [2.05, 4.69) is 0 Å². The van der Waals surface area contributed by atoms with Crippen LogP contribution in [-0.2, 0) is 6.42 Å². The summed E-state index contributed by atoms with van der Waals surface area (Å²) in [5.41, 5.74) is 0.431. The number of rotatable bonds is 2. The summed E-state index contributed by atoms with van der Waals surface area (Å²) in [6.45, 7) is 0. The van der Waals surface area contributed by atoms with Crippen molar-refractivity contribution in [1.29, 1.82) is 0 Å². The smallest absolute Gasteiger partial charge is 0.336 e. The van der Waals surface area contributed by atoms with Crippen molar-refractivity contribution in [3.05, 3.63) is 35.9 Å². The Morgan fingerprint density at radius 1 is 1.18 bits per heavy atom. The molecule has 1 aromatic carbocycles. The molecule has 0 amide bonds. The predicted octanol–water partition coefficient (Wildman–Crippen LogP) is 1.81. The molecule has 0 fully saturated rings. The predicted molar refractivity (Wildman–Crippen MR) is 37.3 cm³/mol. The van der Waals surface area contributed by atoms with E-state index in [-0.39, 0.29) is 0 Å². The number of aliphatic hydroxyl groups is 1. The number of alkyl halides is 2. The van der Waals surface area contributed by atoms with E-state index in [0.717, 1.165) is 0 Å². The first-order valence-electron chi connectivity index (χ1n) is 3.22. The zero-order valence-electron chi connectivity index (χ0n) is 5.80. The van der Waals surface area contributed by atoms with E-state index >= 15 is 0 Å². The third-order valence-electron chi connectivity index (χ3n) is 1.26. The van der Waals surface area contributed by atoms with Crippen molar-refractivity contribution in [2.24, 2.45) is 0 Å². The first-order chi connectivity index (χ1) is 5.08. The van der Waals surface area contributed by atoms with Crippen LogP contribution < -0.4 is 0 Å². The van der Waals surface area contributed by atoms with Crippen LogP contribution in [0, 0.1) is 0 Å². The molecule has 0 heterocycles. The van der Waals surface area contributed by atoms with Crippen molar-refractivity contribution in [2.45, 2.75) is 12.5 Å². The minimum atomic E-state index is -3.60. The fourth-order valence-electron chi connectivity index (χ4n) is 0.841. The Morgan fingerprint density at radius 2 is 1.73 bits per heavy atom. The summed E-state index contributed by atoms with van der Waals surface area (Å²) in [7, 11) is 0. The molecule has 3 heteroatoms. The lowest BCUT2D eigenvalue weighted by molar-refractivity contribution is -0.196. The van der Waals surface area contributed by atoms with Gasteiger partial charge in [0.1, 0.15) is 0 Å². The lowest BCUT2D eigenvalue weighted by atomic mass is 10.1. The second-order valence-corrected chi connectivity index (χ2v) is 2.33. The molecule has 0 aromatic heterocycles. The minimum absolute atomic E-state index is 0.431. The SMILES string of the molecule is OC(F)(F)Cc1ccccc1. The molecule has 1 nitrogen and oxygen atoms in total. The molecule has 0 unspecified atom stereocenters. The van der Waals surface area contributed by atoms with Gasteiger partial charge in [0, 0.05) is 0 Å². The Morgan fingerprint density at radius 3 is 2.18 bits per heavy atom.